The highest BCUT2D eigenvalue weighted by Crippen LogP contribution is 2.30. The van der Waals surface area contributed by atoms with E-state index < -0.39 is 11.5 Å². The van der Waals surface area contributed by atoms with E-state index in [9.17, 15) is 9.59 Å². The molecule has 1 rings (SSSR count). The maximum absolute atomic E-state index is 11.5. The molecule has 100 valence electrons. The van der Waals surface area contributed by atoms with Crippen LogP contribution in [0.25, 0.3) is 0 Å². The van der Waals surface area contributed by atoms with Crippen LogP contribution in [0.4, 0.5) is 0 Å². The molecule has 0 aromatic carbocycles. The number of carbonyl (C=O) groups is 2. The second kappa shape index (κ2) is 8.09. The van der Waals surface area contributed by atoms with Gasteiger partial charge in [0.1, 0.15) is 5.54 Å². The van der Waals surface area contributed by atoms with E-state index in [2.05, 4.69) is 5.32 Å². The fourth-order valence-electron chi connectivity index (χ4n) is 2.04. The van der Waals surface area contributed by atoms with Crippen molar-refractivity contribution >= 4 is 11.9 Å². The summed E-state index contributed by atoms with van der Waals surface area (Å²) in [5, 5.41) is 11.8. The summed E-state index contributed by atoms with van der Waals surface area (Å²) in [6, 6.07) is 0. The lowest BCUT2D eigenvalue weighted by molar-refractivity contribution is -0.147. The van der Waals surface area contributed by atoms with Crippen molar-refractivity contribution in [2.45, 2.75) is 71.3 Å². The minimum absolute atomic E-state index is 0.124. The van der Waals surface area contributed by atoms with Crippen molar-refractivity contribution in [1.82, 2.24) is 5.32 Å². The molecule has 0 atom stereocenters. The van der Waals surface area contributed by atoms with Gasteiger partial charge in [-0.2, -0.15) is 0 Å². The SMILES string of the molecule is CC.CCCCC(=O)NC1(C(=O)O)CCCC1. The van der Waals surface area contributed by atoms with E-state index in [0.29, 0.717) is 19.3 Å². The minimum atomic E-state index is -0.967. The smallest absolute Gasteiger partial charge is 0.329 e. The van der Waals surface area contributed by atoms with Crippen LogP contribution in [0.2, 0.25) is 0 Å². The predicted octanol–water partition coefficient (Wildman–Crippen LogP) is 2.72. The Hall–Kier alpha value is -1.06. The highest BCUT2D eigenvalue weighted by atomic mass is 16.4. The van der Waals surface area contributed by atoms with Gasteiger partial charge in [0, 0.05) is 6.42 Å². The number of carbonyl (C=O) groups excluding carboxylic acids is 1. The molecule has 1 saturated carbocycles. The third kappa shape index (κ3) is 4.75. The number of aliphatic carboxylic acids is 1. The molecule has 0 heterocycles. The van der Waals surface area contributed by atoms with Gasteiger partial charge in [-0.1, -0.05) is 40.0 Å². The first-order chi connectivity index (χ1) is 8.10. The van der Waals surface area contributed by atoms with Gasteiger partial charge in [0.25, 0.3) is 0 Å². The molecule has 17 heavy (non-hydrogen) atoms. The highest BCUT2D eigenvalue weighted by molar-refractivity contribution is 5.87. The molecular weight excluding hydrogens is 218 g/mol. The van der Waals surface area contributed by atoms with Crippen molar-refractivity contribution in [3.05, 3.63) is 0 Å². The average molecular weight is 243 g/mol. The van der Waals surface area contributed by atoms with Crippen molar-refractivity contribution in [2.75, 3.05) is 0 Å². The Labute approximate surface area is 104 Å². The molecule has 0 aromatic rings. The summed E-state index contributed by atoms with van der Waals surface area (Å²) in [5.74, 6) is -1.01. The molecule has 1 aliphatic carbocycles. The van der Waals surface area contributed by atoms with Gasteiger partial charge in [-0.25, -0.2) is 4.79 Å². The fraction of sp³-hybridized carbons (Fsp3) is 0.846. The number of amides is 1. The summed E-state index contributed by atoms with van der Waals surface area (Å²) in [6.07, 6.45) is 5.13. The molecule has 2 N–H and O–H groups in total. The molecule has 1 aliphatic rings. The van der Waals surface area contributed by atoms with Crippen LogP contribution < -0.4 is 5.32 Å². The summed E-state index contributed by atoms with van der Waals surface area (Å²) in [7, 11) is 0. The van der Waals surface area contributed by atoms with E-state index in [1.807, 2.05) is 20.8 Å². The highest BCUT2D eigenvalue weighted by Gasteiger charge is 2.42. The zero-order chi connectivity index (χ0) is 13.3. The number of carboxylic acids is 1. The van der Waals surface area contributed by atoms with Crippen LogP contribution in [0.1, 0.15) is 65.7 Å². The van der Waals surface area contributed by atoms with E-state index in [-0.39, 0.29) is 5.91 Å². The number of rotatable bonds is 5. The lowest BCUT2D eigenvalue weighted by Crippen LogP contribution is -2.52. The molecule has 1 amide bonds. The minimum Gasteiger partial charge on any atom is -0.480 e. The van der Waals surface area contributed by atoms with E-state index in [1.165, 1.54) is 0 Å². The van der Waals surface area contributed by atoms with E-state index in [0.717, 1.165) is 25.7 Å². The van der Waals surface area contributed by atoms with Gasteiger partial charge in [0.15, 0.2) is 0 Å². The molecular formula is C13H25NO3. The van der Waals surface area contributed by atoms with Crippen molar-refractivity contribution in [2.24, 2.45) is 0 Å². The first-order valence-corrected chi connectivity index (χ1v) is 6.65. The molecule has 4 nitrogen and oxygen atoms in total. The van der Waals surface area contributed by atoms with Gasteiger partial charge in [-0.3, -0.25) is 4.79 Å². The maximum Gasteiger partial charge on any atom is 0.329 e. The third-order valence-electron chi connectivity index (χ3n) is 3.00. The third-order valence-corrected chi connectivity index (χ3v) is 3.00. The molecule has 4 heteroatoms. The Morgan fingerprint density at radius 2 is 1.76 bits per heavy atom. The number of unbranched alkanes of at least 4 members (excludes halogenated alkanes) is 1. The van der Waals surface area contributed by atoms with Gasteiger partial charge in [-0.05, 0) is 19.3 Å². The zero-order valence-corrected chi connectivity index (χ0v) is 11.2. The van der Waals surface area contributed by atoms with Gasteiger partial charge in [-0.15, -0.1) is 0 Å². The summed E-state index contributed by atoms with van der Waals surface area (Å²) in [5.41, 5.74) is -0.967. The summed E-state index contributed by atoms with van der Waals surface area (Å²) >= 11 is 0. The standard InChI is InChI=1S/C11H19NO3.C2H6/c1-2-3-6-9(13)12-11(10(14)15)7-4-5-8-11;1-2/h2-8H2,1H3,(H,12,13)(H,14,15);1-2H3. The summed E-state index contributed by atoms with van der Waals surface area (Å²) in [6.45, 7) is 6.01. The van der Waals surface area contributed by atoms with Crippen LogP contribution >= 0.6 is 0 Å². The Kier molecular flexibility index (Phi) is 7.59. The number of nitrogens with one attached hydrogen (secondary N) is 1. The Balaban J connectivity index is 0.00000121. The van der Waals surface area contributed by atoms with Crippen molar-refractivity contribution in [3.8, 4) is 0 Å². The molecule has 0 aromatic heterocycles. The second-order valence-electron chi connectivity index (χ2n) is 4.25. The second-order valence-corrected chi connectivity index (χ2v) is 4.25. The van der Waals surface area contributed by atoms with Crippen LogP contribution in [0.5, 0.6) is 0 Å². The average Bonchev–Trinajstić information content (AvgIpc) is 2.79. The monoisotopic (exact) mass is 243 g/mol. The van der Waals surface area contributed by atoms with Crippen molar-refractivity contribution in [3.63, 3.8) is 0 Å². The Morgan fingerprint density at radius 1 is 1.24 bits per heavy atom. The Morgan fingerprint density at radius 3 is 2.18 bits per heavy atom. The van der Waals surface area contributed by atoms with Crippen molar-refractivity contribution in [1.29, 1.82) is 0 Å². The number of hydrogen-bond acceptors (Lipinski definition) is 2. The molecule has 1 fully saturated rings. The number of carboxylic acid groups (broad SMARTS) is 1. The normalized spacial score (nSPS) is 16.9. The zero-order valence-electron chi connectivity index (χ0n) is 11.2. The largest absolute Gasteiger partial charge is 0.480 e. The molecule has 0 aliphatic heterocycles. The van der Waals surface area contributed by atoms with Gasteiger partial charge in [0.2, 0.25) is 5.91 Å². The molecule has 0 spiro atoms. The molecule has 0 saturated heterocycles. The first-order valence-electron chi connectivity index (χ1n) is 6.65. The summed E-state index contributed by atoms with van der Waals surface area (Å²) in [4.78, 5) is 22.6. The summed E-state index contributed by atoms with van der Waals surface area (Å²) < 4.78 is 0. The van der Waals surface area contributed by atoms with E-state index >= 15 is 0 Å². The van der Waals surface area contributed by atoms with Gasteiger partial charge >= 0.3 is 5.97 Å². The maximum atomic E-state index is 11.5. The Bertz CT molecular complexity index is 245. The number of hydrogen-bond donors (Lipinski definition) is 2. The lowest BCUT2D eigenvalue weighted by Gasteiger charge is -2.25. The van der Waals surface area contributed by atoms with E-state index in [1.54, 1.807) is 0 Å². The first kappa shape index (κ1) is 15.9. The molecule has 0 unspecified atom stereocenters. The quantitative estimate of drug-likeness (QED) is 0.780. The molecule has 0 bridgehead atoms. The topological polar surface area (TPSA) is 66.4 Å². The van der Waals surface area contributed by atoms with Crippen LogP contribution in [-0.4, -0.2) is 22.5 Å². The molecule has 0 radical (unpaired) electrons. The fourth-order valence-corrected chi connectivity index (χ4v) is 2.04. The van der Waals surface area contributed by atoms with Gasteiger partial charge < -0.3 is 10.4 Å². The van der Waals surface area contributed by atoms with Crippen LogP contribution in [0.15, 0.2) is 0 Å². The van der Waals surface area contributed by atoms with E-state index in [4.69, 9.17) is 5.11 Å². The van der Waals surface area contributed by atoms with Crippen molar-refractivity contribution < 1.29 is 14.7 Å². The van der Waals surface area contributed by atoms with Crippen LogP contribution in [-0.2, 0) is 9.59 Å². The van der Waals surface area contributed by atoms with Crippen LogP contribution in [0, 0.1) is 0 Å². The predicted molar refractivity (Wildman–Crippen MR) is 67.9 cm³/mol. The van der Waals surface area contributed by atoms with Gasteiger partial charge in [0.05, 0.1) is 0 Å². The van der Waals surface area contributed by atoms with Crippen LogP contribution in [0.3, 0.4) is 0 Å². The lowest BCUT2D eigenvalue weighted by atomic mass is 9.97.